The zero-order chi connectivity index (χ0) is 18.2. The first-order chi connectivity index (χ1) is 12.7. The molecule has 0 radical (unpaired) electrons. The van der Waals surface area contributed by atoms with Crippen LogP contribution in [0, 0.1) is 6.92 Å². The summed E-state index contributed by atoms with van der Waals surface area (Å²) in [6, 6.07) is 25.8. The Balaban J connectivity index is 1.52. The van der Waals surface area contributed by atoms with Gasteiger partial charge in [0.05, 0.1) is 0 Å². The first-order valence-corrected chi connectivity index (χ1v) is 8.81. The van der Waals surface area contributed by atoms with E-state index >= 15 is 0 Å². The first-order valence-electron chi connectivity index (χ1n) is 8.81. The SMILES string of the molecule is Cc1cccc(CCC(=O)Nc2cccc(OCc3ccccc3)c2)c1. The minimum absolute atomic E-state index is 0.00622. The highest BCUT2D eigenvalue weighted by molar-refractivity contribution is 5.91. The number of benzene rings is 3. The Morgan fingerprint density at radius 1 is 0.885 bits per heavy atom. The first kappa shape index (κ1) is 17.7. The van der Waals surface area contributed by atoms with Crippen molar-refractivity contribution < 1.29 is 9.53 Å². The molecule has 0 fully saturated rings. The van der Waals surface area contributed by atoms with Gasteiger partial charge in [0.15, 0.2) is 0 Å². The van der Waals surface area contributed by atoms with Crippen LogP contribution in [0.5, 0.6) is 5.75 Å². The van der Waals surface area contributed by atoms with Gasteiger partial charge >= 0.3 is 0 Å². The van der Waals surface area contributed by atoms with Gasteiger partial charge in [-0.15, -0.1) is 0 Å². The normalized spacial score (nSPS) is 10.3. The molecule has 0 bridgehead atoms. The molecule has 3 heteroatoms. The van der Waals surface area contributed by atoms with Crippen molar-refractivity contribution in [2.24, 2.45) is 0 Å². The van der Waals surface area contributed by atoms with Gasteiger partial charge in [-0.2, -0.15) is 0 Å². The van der Waals surface area contributed by atoms with Crippen LogP contribution in [-0.4, -0.2) is 5.91 Å². The van der Waals surface area contributed by atoms with E-state index in [1.807, 2.05) is 60.7 Å². The molecule has 0 unspecified atom stereocenters. The lowest BCUT2D eigenvalue weighted by Gasteiger charge is -2.09. The molecule has 3 rings (SSSR count). The van der Waals surface area contributed by atoms with Crippen LogP contribution in [-0.2, 0) is 17.8 Å². The van der Waals surface area contributed by atoms with Crippen molar-refractivity contribution >= 4 is 11.6 Å². The van der Waals surface area contributed by atoms with Crippen LogP contribution in [0.1, 0.15) is 23.1 Å². The van der Waals surface area contributed by atoms with Gasteiger partial charge in [0.2, 0.25) is 5.91 Å². The van der Waals surface area contributed by atoms with Gasteiger partial charge in [-0.25, -0.2) is 0 Å². The molecule has 1 N–H and O–H groups in total. The molecule has 0 aliphatic carbocycles. The highest BCUT2D eigenvalue weighted by Gasteiger charge is 2.05. The lowest BCUT2D eigenvalue weighted by molar-refractivity contribution is -0.116. The van der Waals surface area contributed by atoms with Crippen molar-refractivity contribution in [2.45, 2.75) is 26.4 Å². The summed E-state index contributed by atoms with van der Waals surface area (Å²) >= 11 is 0. The van der Waals surface area contributed by atoms with Crippen LogP contribution in [0.25, 0.3) is 0 Å². The third kappa shape index (κ3) is 5.49. The van der Waals surface area contributed by atoms with Gasteiger partial charge in [0.25, 0.3) is 0 Å². The summed E-state index contributed by atoms with van der Waals surface area (Å²) in [5, 5.41) is 2.95. The van der Waals surface area contributed by atoms with E-state index in [1.54, 1.807) is 0 Å². The van der Waals surface area contributed by atoms with Crippen LogP contribution in [0.2, 0.25) is 0 Å². The van der Waals surface area contributed by atoms with Crippen molar-refractivity contribution in [1.82, 2.24) is 0 Å². The van der Waals surface area contributed by atoms with Crippen molar-refractivity contribution in [2.75, 3.05) is 5.32 Å². The number of aryl methyl sites for hydroxylation is 2. The largest absolute Gasteiger partial charge is 0.489 e. The Hall–Kier alpha value is -3.07. The number of nitrogens with one attached hydrogen (secondary N) is 1. The average Bonchev–Trinajstić information content (AvgIpc) is 2.66. The molecule has 132 valence electrons. The fourth-order valence-electron chi connectivity index (χ4n) is 2.75. The fraction of sp³-hybridized carbons (Fsp3) is 0.174. The predicted octanol–water partition coefficient (Wildman–Crippen LogP) is 5.15. The van der Waals surface area contributed by atoms with Crippen LogP contribution in [0.4, 0.5) is 5.69 Å². The Kier molecular flexibility index (Phi) is 6.05. The predicted molar refractivity (Wildman–Crippen MR) is 105 cm³/mol. The Bertz CT molecular complexity index is 859. The molecule has 0 saturated heterocycles. The van der Waals surface area contributed by atoms with Crippen LogP contribution < -0.4 is 10.1 Å². The van der Waals surface area contributed by atoms with E-state index in [-0.39, 0.29) is 5.91 Å². The van der Waals surface area contributed by atoms with Gasteiger partial charge in [-0.1, -0.05) is 66.2 Å². The lowest BCUT2D eigenvalue weighted by Crippen LogP contribution is -2.12. The molecule has 1 amide bonds. The second-order valence-corrected chi connectivity index (χ2v) is 6.34. The number of carbonyl (C=O) groups is 1. The Labute approximate surface area is 154 Å². The standard InChI is InChI=1S/C23H23NO2/c1-18-7-5-10-19(15-18)13-14-23(25)24-21-11-6-12-22(16-21)26-17-20-8-3-2-4-9-20/h2-12,15-16H,13-14,17H2,1H3,(H,24,25). The maximum absolute atomic E-state index is 12.2. The smallest absolute Gasteiger partial charge is 0.224 e. The van der Waals surface area contributed by atoms with E-state index in [9.17, 15) is 4.79 Å². The number of carbonyl (C=O) groups excluding carboxylic acids is 1. The second kappa shape index (κ2) is 8.86. The molecule has 26 heavy (non-hydrogen) atoms. The lowest BCUT2D eigenvalue weighted by atomic mass is 10.1. The molecule has 3 aromatic carbocycles. The Morgan fingerprint density at radius 2 is 1.65 bits per heavy atom. The molecular formula is C23H23NO2. The van der Waals surface area contributed by atoms with Gasteiger partial charge < -0.3 is 10.1 Å². The summed E-state index contributed by atoms with van der Waals surface area (Å²) < 4.78 is 5.81. The number of ether oxygens (including phenoxy) is 1. The number of amides is 1. The summed E-state index contributed by atoms with van der Waals surface area (Å²) in [7, 11) is 0. The zero-order valence-electron chi connectivity index (χ0n) is 14.9. The van der Waals surface area contributed by atoms with Crippen molar-refractivity contribution in [1.29, 1.82) is 0 Å². The highest BCUT2D eigenvalue weighted by Crippen LogP contribution is 2.19. The molecule has 0 atom stereocenters. The van der Waals surface area contributed by atoms with Crippen molar-refractivity contribution in [3.8, 4) is 5.75 Å². The average molecular weight is 345 g/mol. The molecule has 0 aromatic heterocycles. The van der Waals surface area contributed by atoms with Crippen LogP contribution in [0.3, 0.4) is 0 Å². The molecular weight excluding hydrogens is 322 g/mol. The molecule has 0 saturated carbocycles. The van der Waals surface area contributed by atoms with Crippen LogP contribution in [0.15, 0.2) is 78.9 Å². The molecule has 0 aliphatic heterocycles. The minimum atomic E-state index is 0.00622. The van der Waals surface area contributed by atoms with E-state index in [0.29, 0.717) is 13.0 Å². The van der Waals surface area contributed by atoms with E-state index in [0.717, 1.165) is 23.4 Å². The number of anilines is 1. The van der Waals surface area contributed by atoms with Crippen molar-refractivity contribution in [3.63, 3.8) is 0 Å². The third-order valence-corrected chi connectivity index (χ3v) is 4.09. The molecule has 0 spiro atoms. The molecule has 0 aliphatic rings. The summed E-state index contributed by atoms with van der Waals surface area (Å²) in [6.45, 7) is 2.57. The molecule has 0 heterocycles. The van der Waals surface area contributed by atoms with Gasteiger partial charge in [-0.3, -0.25) is 4.79 Å². The molecule has 3 nitrogen and oxygen atoms in total. The monoisotopic (exact) mass is 345 g/mol. The third-order valence-electron chi connectivity index (χ3n) is 4.09. The second-order valence-electron chi connectivity index (χ2n) is 6.34. The minimum Gasteiger partial charge on any atom is -0.489 e. The van der Waals surface area contributed by atoms with E-state index in [4.69, 9.17) is 4.74 Å². The number of rotatable bonds is 7. The zero-order valence-corrected chi connectivity index (χ0v) is 14.9. The summed E-state index contributed by atoms with van der Waals surface area (Å²) in [5.41, 5.74) is 4.26. The van der Waals surface area contributed by atoms with E-state index < -0.39 is 0 Å². The van der Waals surface area contributed by atoms with Gasteiger partial charge in [0, 0.05) is 18.2 Å². The molecule has 3 aromatic rings. The summed E-state index contributed by atoms with van der Waals surface area (Å²) in [6.07, 6.45) is 1.19. The quantitative estimate of drug-likeness (QED) is 0.643. The topological polar surface area (TPSA) is 38.3 Å². The van der Waals surface area contributed by atoms with Gasteiger partial charge in [-0.05, 0) is 36.6 Å². The van der Waals surface area contributed by atoms with E-state index in [2.05, 4.69) is 30.4 Å². The highest BCUT2D eigenvalue weighted by atomic mass is 16.5. The number of hydrogen-bond donors (Lipinski definition) is 1. The van der Waals surface area contributed by atoms with Crippen LogP contribution >= 0.6 is 0 Å². The Morgan fingerprint density at radius 3 is 2.46 bits per heavy atom. The van der Waals surface area contributed by atoms with Crippen molar-refractivity contribution in [3.05, 3.63) is 95.6 Å². The maximum Gasteiger partial charge on any atom is 0.224 e. The maximum atomic E-state index is 12.2. The van der Waals surface area contributed by atoms with E-state index in [1.165, 1.54) is 11.1 Å². The fourth-order valence-corrected chi connectivity index (χ4v) is 2.75. The summed E-state index contributed by atoms with van der Waals surface area (Å²) in [5.74, 6) is 0.747. The van der Waals surface area contributed by atoms with Gasteiger partial charge in [0.1, 0.15) is 12.4 Å². The summed E-state index contributed by atoms with van der Waals surface area (Å²) in [4.78, 5) is 12.2. The number of hydrogen-bond acceptors (Lipinski definition) is 2.